The molecule has 1 atom stereocenters. The maximum Gasteiger partial charge on any atom is 0.475 e. The molecule has 3 aromatic rings. The zero-order valence-corrected chi connectivity index (χ0v) is 23.8. The number of likely N-dealkylation sites (N-methyl/N-ethyl adjacent to an activating group) is 1. The number of nitrogens with one attached hydrogen (secondary N) is 1. The number of benzene rings is 2. The van der Waals surface area contributed by atoms with Crippen LogP contribution in [-0.2, 0) is 34.4 Å². The Morgan fingerprint density at radius 1 is 1.05 bits per heavy atom. The highest BCUT2D eigenvalue weighted by atomic mass is 35.5. The average Bonchev–Trinajstić information content (AvgIpc) is 2.94. The predicted molar refractivity (Wildman–Crippen MR) is 148 cm³/mol. The van der Waals surface area contributed by atoms with Gasteiger partial charge in [-0.15, -0.1) is 0 Å². The highest BCUT2D eigenvalue weighted by molar-refractivity contribution is 7.48. The summed E-state index contributed by atoms with van der Waals surface area (Å²) in [5.74, 6) is -0.252. The number of hydrogen-bond acceptors (Lipinski definition) is 9. The van der Waals surface area contributed by atoms with Crippen molar-refractivity contribution < 1.29 is 32.5 Å². The molecule has 1 N–H and O–H groups in total. The van der Waals surface area contributed by atoms with E-state index in [1.54, 1.807) is 38.1 Å². The Balaban J connectivity index is 1.89. The normalized spacial score (nSPS) is 12.6. The van der Waals surface area contributed by atoms with E-state index in [0.29, 0.717) is 22.3 Å². The fourth-order valence-corrected chi connectivity index (χ4v) is 5.18. The standard InChI is InChI=1S/C27H31ClN3O7P/c1-5-36-39(33,37-6-2)38-25(19-12-8-7-9-13-19)21-16-23(28)27(30-17-21)35-18-20-14-10-11-15-22(20)24(31-34-4)26(32)29-3/h7-17,25H,5-6,18H2,1-4H3,(H,29,32)/b31-24-. The lowest BCUT2D eigenvalue weighted by atomic mass is 10.0. The van der Waals surface area contributed by atoms with Gasteiger partial charge in [-0.25, -0.2) is 9.55 Å². The van der Waals surface area contributed by atoms with Gasteiger partial charge in [0.2, 0.25) is 5.88 Å². The molecule has 0 saturated carbocycles. The third-order valence-electron chi connectivity index (χ3n) is 5.30. The monoisotopic (exact) mass is 575 g/mol. The second-order valence-electron chi connectivity index (χ2n) is 7.88. The van der Waals surface area contributed by atoms with Gasteiger partial charge in [0.15, 0.2) is 5.71 Å². The number of aromatic nitrogens is 1. The van der Waals surface area contributed by atoms with Crippen molar-refractivity contribution in [3.05, 3.63) is 94.1 Å². The van der Waals surface area contributed by atoms with Crippen molar-refractivity contribution in [1.29, 1.82) is 0 Å². The molecule has 0 aliphatic heterocycles. The Kier molecular flexibility index (Phi) is 11.5. The zero-order valence-electron chi connectivity index (χ0n) is 22.1. The number of oxime groups is 1. The molecule has 0 aliphatic carbocycles. The third-order valence-corrected chi connectivity index (χ3v) is 7.19. The van der Waals surface area contributed by atoms with Crippen LogP contribution in [0.4, 0.5) is 0 Å². The molecule has 0 saturated heterocycles. The van der Waals surface area contributed by atoms with Crippen molar-refractivity contribution in [1.82, 2.24) is 10.3 Å². The number of nitrogens with zero attached hydrogens (tertiary/aromatic N) is 2. The van der Waals surface area contributed by atoms with Gasteiger partial charge in [-0.05, 0) is 31.0 Å². The molecule has 0 fully saturated rings. The number of carbonyl (C=O) groups excluding carboxylic acids is 1. The fourth-order valence-electron chi connectivity index (χ4n) is 3.62. The quantitative estimate of drug-likeness (QED) is 0.148. The number of carbonyl (C=O) groups is 1. The van der Waals surface area contributed by atoms with E-state index in [-0.39, 0.29) is 36.4 Å². The lowest BCUT2D eigenvalue weighted by molar-refractivity contribution is -0.114. The molecular weight excluding hydrogens is 545 g/mol. The lowest BCUT2D eigenvalue weighted by Gasteiger charge is -2.24. The number of phosphoric acid groups is 1. The molecule has 1 aromatic heterocycles. The molecule has 10 nitrogen and oxygen atoms in total. The summed E-state index contributed by atoms with van der Waals surface area (Å²) < 4.78 is 35.7. The Labute approximate surface area is 232 Å². The minimum atomic E-state index is -3.87. The van der Waals surface area contributed by atoms with Gasteiger partial charge in [-0.3, -0.25) is 18.4 Å². The van der Waals surface area contributed by atoms with Crippen LogP contribution in [0.1, 0.15) is 42.2 Å². The van der Waals surface area contributed by atoms with Crippen LogP contribution >= 0.6 is 19.4 Å². The summed E-state index contributed by atoms with van der Waals surface area (Å²) in [6, 6.07) is 17.9. The average molecular weight is 576 g/mol. The van der Waals surface area contributed by atoms with Crippen LogP contribution in [0.15, 0.2) is 72.0 Å². The second kappa shape index (κ2) is 14.8. The summed E-state index contributed by atoms with van der Waals surface area (Å²) in [5.41, 5.74) is 2.53. The number of rotatable bonds is 14. The van der Waals surface area contributed by atoms with Crippen molar-refractivity contribution in [2.24, 2.45) is 5.16 Å². The van der Waals surface area contributed by atoms with Gasteiger partial charge in [0.05, 0.1) is 13.2 Å². The molecule has 0 spiro atoms. The second-order valence-corrected chi connectivity index (χ2v) is 9.91. The van der Waals surface area contributed by atoms with Crippen LogP contribution in [-0.4, -0.2) is 44.0 Å². The predicted octanol–water partition coefficient (Wildman–Crippen LogP) is 5.70. The van der Waals surface area contributed by atoms with E-state index in [4.69, 9.17) is 34.7 Å². The van der Waals surface area contributed by atoms with Gasteiger partial charge in [0.25, 0.3) is 5.91 Å². The molecule has 0 radical (unpaired) electrons. The number of halogens is 1. The first kappa shape index (κ1) is 30.3. The maximum absolute atomic E-state index is 13.2. The summed E-state index contributed by atoms with van der Waals surface area (Å²) in [7, 11) is -1.01. The van der Waals surface area contributed by atoms with Gasteiger partial charge in [-0.1, -0.05) is 71.4 Å². The van der Waals surface area contributed by atoms with Crippen molar-refractivity contribution in [3.63, 3.8) is 0 Å². The van der Waals surface area contributed by atoms with Crippen LogP contribution < -0.4 is 10.1 Å². The maximum atomic E-state index is 13.2. The molecule has 3 rings (SSSR count). The van der Waals surface area contributed by atoms with Crippen LogP contribution in [0.2, 0.25) is 5.02 Å². The zero-order chi connectivity index (χ0) is 28.3. The number of amides is 1. The molecule has 1 heterocycles. The number of pyridine rings is 1. The van der Waals surface area contributed by atoms with Crippen LogP contribution in [0.5, 0.6) is 5.88 Å². The Bertz CT molecular complexity index is 1310. The van der Waals surface area contributed by atoms with E-state index in [9.17, 15) is 9.36 Å². The molecule has 0 aliphatic rings. The third kappa shape index (κ3) is 8.11. The van der Waals surface area contributed by atoms with Crippen molar-refractivity contribution in [3.8, 4) is 5.88 Å². The van der Waals surface area contributed by atoms with Gasteiger partial charge in [0, 0.05) is 24.4 Å². The Hall–Kier alpha value is -3.27. The molecular formula is C27H31ClN3O7P. The fraction of sp³-hybridized carbons (Fsp3) is 0.296. The van der Waals surface area contributed by atoms with Crippen molar-refractivity contribution in [2.45, 2.75) is 26.6 Å². The summed E-state index contributed by atoms with van der Waals surface area (Å²) >= 11 is 6.56. The van der Waals surface area contributed by atoms with E-state index in [1.165, 1.54) is 20.4 Å². The van der Waals surface area contributed by atoms with Gasteiger partial charge >= 0.3 is 7.82 Å². The molecule has 208 valence electrons. The van der Waals surface area contributed by atoms with Crippen LogP contribution in [0.25, 0.3) is 0 Å². The molecule has 12 heteroatoms. The SMILES string of the molecule is CCOP(=O)(OCC)OC(c1ccccc1)c1cnc(OCc2ccccc2/C(=N/OC)C(=O)NC)c(Cl)c1. The van der Waals surface area contributed by atoms with Crippen LogP contribution in [0, 0.1) is 0 Å². The minimum absolute atomic E-state index is 0.0461. The van der Waals surface area contributed by atoms with E-state index >= 15 is 0 Å². The van der Waals surface area contributed by atoms with E-state index in [2.05, 4.69) is 15.5 Å². The smallest absolute Gasteiger partial charge is 0.472 e. The Morgan fingerprint density at radius 3 is 2.33 bits per heavy atom. The van der Waals surface area contributed by atoms with E-state index < -0.39 is 19.8 Å². The highest BCUT2D eigenvalue weighted by Gasteiger charge is 2.32. The van der Waals surface area contributed by atoms with Crippen molar-refractivity contribution in [2.75, 3.05) is 27.4 Å². The highest BCUT2D eigenvalue weighted by Crippen LogP contribution is 2.54. The number of hydrogen-bond donors (Lipinski definition) is 1. The Morgan fingerprint density at radius 2 is 1.72 bits per heavy atom. The topological polar surface area (TPSA) is 118 Å². The molecule has 1 amide bonds. The molecule has 2 aromatic carbocycles. The summed E-state index contributed by atoms with van der Waals surface area (Å²) in [5, 5.41) is 6.61. The van der Waals surface area contributed by atoms with Gasteiger partial charge < -0.3 is 14.9 Å². The summed E-state index contributed by atoms with van der Waals surface area (Å²) in [6.45, 7) is 3.73. The van der Waals surface area contributed by atoms with Crippen LogP contribution in [0.3, 0.4) is 0 Å². The van der Waals surface area contributed by atoms with E-state index in [0.717, 1.165) is 0 Å². The summed E-state index contributed by atoms with van der Waals surface area (Å²) in [4.78, 5) is 21.6. The molecule has 39 heavy (non-hydrogen) atoms. The minimum Gasteiger partial charge on any atom is -0.472 e. The first-order valence-corrected chi connectivity index (χ1v) is 14.0. The lowest BCUT2D eigenvalue weighted by Crippen LogP contribution is -2.29. The number of ether oxygens (including phenoxy) is 1. The van der Waals surface area contributed by atoms with Crippen molar-refractivity contribution >= 4 is 31.0 Å². The first-order valence-electron chi connectivity index (χ1n) is 12.2. The van der Waals surface area contributed by atoms with Gasteiger partial charge in [-0.2, -0.15) is 0 Å². The largest absolute Gasteiger partial charge is 0.475 e. The molecule has 1 unspecified atom stereocenters. The summed E-state index contributed by atoms with van der Waals surface area (Å²) in [6.07, 6.45) is 0.685. The first-order chi connectivity index (χ1) is 18.9. The van der Waals surface area contributed by atoms with Gasteiger partial charge in [0.1, 0.15) is 24.8 Å². The van der Waals surface area contributed by atoms with E-state index in [1.807, 2.05) is 36.4 Å². The molecule has 0 bridgehead atoms. The number of phosphoric ester groups is 1.